The molecule has 0 bridgehead atoms. The summed E-state index contributed by atoms with van der Waals surface area (Å²) in [6.45, 7) is 1.05. The first kappa shape index (κ1) is 16.8. The molecule has 0 saturated heterocycles. The van der Waals surface area contributed by atoms with Gasteiger partial charge in [0.05, 0.1) is 0 Å². The normalized spacial score (nSPS) is 14.3. The van der Waals surface area contributed by atoms with Crippen LogP contribution < -0.4 is 10.6 Å². The van der Waals surface area contributed by atoms with Crippen LogP contribution in [-0.2, 0) is 9.53 Å². The monoisotopic (exact) mass is 320 g/mol. The van der Waals surface area contributed by atoms with Gasteiger partial charge in [0.15, 0.2) is 6.61 Å². The molecule has 7 heteroatoms. The molecule has 0 atom stereocenters. The molecule has 0 radical (unpaired) electrons. The van der Waals surface area contributed by atoms with E-state index in [4.69, 9.17) is 4.74 Å². The van der Waals surface area contributed by atoms with Crippen LogP contribution in [-0.4, -0.2) is 35.7 Å². The molecule has 3 amide bonds. The van der Waals surface area contributed by atoms with Crippen molar-refractivity contribution >= 4 is 17.9 Å². The third-order valence-electron chi connectivity index (χ3n) is 3.74. The topological polar surface area (TPSA) is 105 Å². The number of phenolic OH excluding ortho intramolecular Hbond substituents is 1. The van der Waals surface area contributed by atoms with Gasteiger partial charge in [-0.1, -0.05) is 25.0 Å². The fourth-order valence-electron chi connectivity index (χ4n) is 2.49. The van der Waals surface area contributed by atoms with E-state index in [1.54, 1.807) is 19.1 Å². The Morgan fingerprint density at radius 2 is 1.96 bits per heavy atom. The maximum Gasteiger partial charge on any atom is 0.342 e. The van der Waals surface area contributed by atoms with Gasteiger partial charge in [-0.05, 0) is 31.4 Å². The Bertz CT molecular complexity index is 608. The van der Waals surface area contributed by atoms with Crippen molar-refractivity contribution < 1.29 is 24.2 Å². The van der Waals surface area contributed by atoms with Crippen LogP contribution in [0.4, 0.5) is 4.79 Å². The number of aromatic hydroxyl groups is 1. The molecular formula is C16H20N2O5. The number of ether oxygens (including phenoxy) is 1. The van der Waals surface area contributed by atoms with Gasteiger partial charge in [-0.3, -0.25) is 10.1 Å². The van der Waals surface area contributed by atoms with Crippen LogP contribution in [0.1, 0.15) is 41.6 Å². The van der Waals surface area contributed by atoms with Crippen molar-refractivity contribution in [3.8, 4) is 5.75 Å². The maximum atomic E-state index is 11.8. The van der Waals surface area contributed by atoms with Gasteiger partial charge in [-0.25, -0.2) is 9.59 Å². The number of rotatable bonds is 4. The first-order valence-electron chi connectivity index (χ1n) is 7.53. The summed E-state index contributed by atoms with van der Waals surface area (Å²) in [4.78, 5) is 35.0. The van der Waals surface area contributed by atoms with Crippen molar-refractivity contribution in [3.05, 3.63) is 29.3 Å². The van der Waals surface area contributed by atoms with Crippen molar-refractivity contribution in [2.24, 2.45) is 0 Å². The molecule has 0 heterocycles. The van der Waals surface area contributed by atoms with Crippen LogP contribution in [0.3, 0.4) is 0 Å². The molecule has 0 unspecified atom stereocenters. The lowest BCUT2D eigenvalue weighted by molar-refractivity contribution is -0.123. The second-order valence-electron chi connectivity index (χ2n) is 5.55. The Balaban J connectivity index is 1.78. The summed E-state index contributed by atoms with van der Waals surface area (Å²) in [5.74, 6) is -1.73. The summed E-state index contributed by atoms with van der Waals surface area (Å²) in [7, 11) is 0. The highest BCUT2D eigenvalue weighted by atomic mass is 16.5. The summed E-state index contributed by atoms with van der Waals surface area (Å²) >= 11 is 0. The second kappa shape index (κ2) is 7.62. The van der Waals surface area contributed by atoms with E-state index in [-0.39, 0.29) is 17.4 Å². The number of para-hydroxylation sites is 1. The highest BCUT2D eigenvalue weighted by molar-refractivity contribution is 5.98. The zero-order chi connectivity index (χ0) is 16.8. The number of benzene rings is 1. The number of carbonyl (C=O) groups excluding carboxylic acids is 3. The molecule has 1 aliphatic carbocycles. The first-order chi connectivity index (χ1) is 11.0. The SMILES string of the molecule is Cc1cccc(C(=O)OCC(=O)NC(=O)NC2CCCC2)c1O. The molecule has 3 N–H and O–H groups in total. The van der Waals surface area contributed by atoms with Crippen molar-refractivity contribution in [1.82, 2.24) is 10.6 Å². The third-order valence-corrected chi connectivity index (χ3v) is 3.74. The average molecular weight is 320 g/mol. The van der Waals surface area contributed by atoms with E-state index in [0.717, 1.165) is 25.7 Å². The van der Waals surface area contributed by atoms with Crippen LogP contribution >= 0.6 is 0 Å². The predicted molar refractivity (Wildman–Crippen MR) is 82.1 cm³/mol. The molecular weight excluding hydrogens is 300 g/mol. The maximum absolute atomic E-state index is 11.8. The largest absolute Gasteiger partial charge is 0.507 e. The lowest BCUT2D eigenvalue weighted by Crippen LogP contribution is -2.45. The third kappa shape index (κ3) is 4.70. The average Bonchev–Trinajstić information content (AvgIpc) is 3.00. The lowest BCUT2D eigenvalue weighted by atomic mass is 10.1. The summed E-state index contributed by atoms with van der Waals surface area (Å²) < 4.78 is 4.81. The highest BCUT2D eigenvalue weighted by Gasteiger charge is 2.19. The lowest BCUT2D eigenvalue weighted by Gasteiger charge is -2.12. The Morgan fingerprint density at radius 3 is 2.65 bits per heavy atom. The zero-order valence-electron chi connectivity index (χ0n) is 12.9. The van der Waals surface area contributed by atoms with Gasteiger partial charge in [0.25, 0.3) is 5.91 Å². The number of carbonyl (C=O) groups is 3. The molecule has 0 aromatic heterocycles. The molecule has 2 rings (SSSR count). The first-order valence-corrected chi connectivity index (χ1v) is 7.53. The van der Waals surface area contributed by atoms with Gasteiger partial charge in [-0.2, -0.15) is 0 Å². The standard InChI is InChI=1S/C16H20N2O5/c1-10-5-4-8-12(14(10)20)15(21)23-9-13(19)18-16(22)17-11-6-2-3-7-11/h4-5,8,11,20H,2-3,6-7,9H2,1H3,(H2,17,18,19,22). The number of phenols is 1. The fraction of sp³-hybridized carbons (Fsp3) is 0.438. The van der Waals surface area contributed by atoms with Crippen LogP contribution in [0.2, 0.25) is 0 Å². The molecule has 1 fully saturated rings. The Morgan fingerprint density at radius 1 is 1.26 bits per heavy atom. The van der Waals surface area contributed by atoms with Gasteiger partial charge in [-0.15, -0.1) is 0 Å². The minimum absolute atomic E-state index is 0.0202. The number of nitrogens with one attached hydrogen (secondary N) is 2. The van der Waals surface area contributed by atoms with E-state index in [1.807, 2.05) is 0 Å². The predicted octanol–water partition coefficient (Wildman–Crippen LogP) is 1.63. The number of imide groups is 1. The molecule has 1 saturated carbocycles. The van der Waals surface area contributed by atoms with Crippen molar-refractivity contribution in [3.63, 3.8) is 0 Å². The Hall–Kier alpha value is -2.57. The number of esters is 1. The quantitative estimate of drug-likeness (QED) is 0.731. The highest BCUT2D eigenvalue weighted by Crippen LogP contribution is 2.22. The van der Waals surface area contributed by atoms with Gasteiger partial charge in [0.1, 0.15) is 11.3 Å². The van der Waals surface area contributed by atoms with E-state index in [2.05, 4.69) is 10.6 Å². The molecule has 23 heavy (non-hydrogen) atoms. The second-order valence-corrected chi connectivity index (χ2v) is 5.55. The molecule has 124 valence electrons. The van der Waals surface area contributed by atoms with Gasteiger partial charge in [0.2, 0.25) is 0 Å². The Kier molecular flexibility index (Phi) is 5.56. The van der Waals surface area contributed by atoms with Crippen LogP contribution in [0.15, 0.2) is 18.2 Å². The number of urea groups is 1. The van der Waals surface area contributed by atoms with E-state index >= 15 is 0 Å². The molecule has 1 aromatic carbocycles. The van der Waals surface area contributed by atoms with Crippen LogP contribution in [0, 0.1) is 6.92 Å². The zero-order valence-corrected chi connectivity index (χ0v) is 12.9. The number of hydrogen-bond donors (Lipinski definition) is 3. The minimum Gasteiger partial charge on any atom is -0.507 e. The fourth-order valence-corrected chi connectivity index (χ4v) is 2.49. The summed E-state index contributed by atoms with van der Waals surface area (Å²) in [6.07, 6.45) is 3.94. The Labute approximate surface area is 134 Å². The summed E-state index contributed by atoms with van der Waals surface area (Å²) in [5.41, 5.74) is 0.507. The van der Waals surface area contributed by atoms with Gasteiger partial charge in [0, 0.05) is 6.04 Å². The number of amides is 3. The van der Waals surface area contributed by atoms with E-state index < -0.39 is 24.5 Å². The number of hydrogen-bond acceptors (Lipinski definition) is 5. The van der Waals surface area contributed by atoms with Gasteiger partial charge >= 0.3 is 12.0 Å². The summed E-state index contributed by atoms with van der Waals surface area (Å²) in [6, 6.07) is 4.15. The number of aryl methyl sites for hydroxylation is 1. The van der Waals surface area contributed by atoms with Crippen molar-refractivity contribution in [2.75, 3.05) is 6.61 Å². The molecule has 0 aliphatic heterocycles. The van der Waals surface area contributed by atoms with Gasteiger partial charge < -0.3 is 15.2 Å². The smallest absolute Gasteiger partial charge is 0.342 e. The molecule has 1 aliphatic rings. The molecule has 0 spiro atoms. The minimum atomic E-state index is -0.822. The van der Waals surface area contributed by atoms with E-state index in [1.165, 1.54) is 6.07 Å². The van der Waals surface area contributed by atoms with Crippen molar-refractivity contribution in [1.29, 1.82) is 0 Å². The van der Waals surface area contributed by atoms with Crippen LogP contribution in [0.25, 0.3) is 0 Å². The van der Waals surface area contributed by atoms with E-state index in [9.17, 15) is 19.5 Å². The summed E-state index contributed by atoms with van der Waals surface area (Å²) in [5, 5.41) is 14.6. The van der Waals surface area contributed by atoms with Crippen molar-refractivity contribution in [2.45, 2.75) is 38.6 Å². The molecule has 7 nitrogen and oxygen atoms in total. The van der Waals surface area contributed by atoms with E-state index in [0.29, 0.717) is 5.56 Å². The molecule has 1 aromatic rings. The van der Waals surface area contributed by atoms with Crippen LogP contribution in [0.5, 0.6) is 5.75 Å².